The minimum Gasteiger partial charge on any atom is -0.406 e. The number of azide groups is 1. The van der Waals surface area contributed by atoms with Crippen LogP contribution in [-0.2, 0) is 0 Å². The minimum atomic E-state index is -4.82. The Hall–Kier alpha value is -1.48. The molecule has 2 unspecified atom stereocenters. The Morgan fingerprint density at radius 1 is 1.40 bits per heavy atom. The minimum absolute atomic E-state index is 0.117. The predicted molar refractivity (Wildman–Crippen MR) is 65.8 cm³/mol. The van der Waals surface area contributed by atoms with Gasteiger partial charge < -0.3 is 14.9 Å². The molecule has 1 rings (SSSR count). The highest BCUT2D eigenvalue weighted by Gasteiger charge is 2.31. The third-order valence-corrected chi connectivity index (χ3v) is 2.91. The zero-order valence-corrected chi connectivity index (χ0v) is 11.3. The van der Waals surface area contributed by atoms with Gasteiger partial charge in [0.1, 0.15) is 11.9 Å². The molecule has 10 heteroatoms. The van der Waals surface area contributed by atoms with Crippen LogP contribution >= 0.6 is 15.9 Å². The van der Waals surface area contributed by atoms with Crippen molar-refractivity contribution in [3.63, 3.8) is 0 Å². The molecule has 0 saturated heterocycles. The molecule has 0 aliphatic carbocycles. The molecule has 1 aromatic rings. The van der Waals surface area contributed by atoms with Crippen LogP contribution in [0.25, 0.3) is 10.4 Å². The molecule has 0 fully saturated rings. The average molecular weight is 356 g/mol. The van der Waals surface area contributed by atoms with Gasteiger partial charge in [0.2, 0.25) is 0 Å². The topological polar surface area (TPSA) is 98.5 Å². The summed E-state index contributed by atoms with van der Waals surface area (Å²) in [5.74, 6) is -0.468. The molecule has 0 heterocycles. The van der Waals surface area contributed by atoms with Crippen molar-refractivity contribution in [3.8, 4) is 5.75 Å². The summed E-state index contributed by atoms with van der Waals surface area (Å²) in [6.45, 7) is -0.370. The highest BCUT2D eigenvalue weighted by atomic mass is 79.9. The first-order valence-electron chi connectivity index (χ1n) is 5.17. The van der Waals surface area contributed by atoms with Crippen molar-refractivity contribution in [2.45, 2.75) is 18.6 Å². The molecule has 0 bridgehead atoms. The third kappa shape index (κ3) is 4.89. The van der Waals surface area contributed by atoms with Crippen LogP contribution in [0.3, 0.4) is 0 Å². The SMILES string of the molecule is [N-]=[N+]=NCC(O)C(O)c1ccc(OC(F)(F)F)cc1Br. The summed E-state index contributed by atoms with van der Waals surface area (Å²) in [5.41, 5.74) is 8.24. The van der Waals surface area contributed by atoms with Crippen LogP contribution in [0.2, 0.25) is 0 Å². The Morgan fingerprint density at radius 2 is 2.05 bits per heavy atom. The Kier molecular flexibility index (Phi) is 5.63. The average Bonchev–Trinajstić information content (AvgIpc) is 2.33. The molecule has 0 saturated carbocycles. The molecule has 0 aliphatic rings. The summed E-state index contributed by atoms with van der Waals surface area (Å²) in [4.78, 5) is 2.43. The van der Waals surface area contributed by atoms with Gasteiger partial charge in [-0.2, -0.15) is 0 Å². The van der Waals surface area contributed by atoms with E-state index in [4.69, 9.17) is 5.53 Å². The summed E-state index contributed by atoms with van der Waals surface area (Å²) in [6.07, 6.45) is -7.62. The predicted octanol–water partition coefficient (Wildman–Crippen LogP) is 3.05. The van der Waals surface area contributed by atoms with Crippen molar-refractivity contribution >= 4 is 15.9 Å². The van der Waals surface area contributed by atoms with Gasteiger partial charge in [0, 0.05) is 9.38 Å². The van der Waals surface area contributed by atoms with Gasteiger partial charge >= 0.3 is 6.36 Å². The fourth-order valence-electron chi connectivity index (χ4n) is 1.37. The highest BCUT2D eigenvalue weighted by molar-refractivity contribution is 9.10. The Bertz CT molecular complexity index is 520. The van der Waals surface area contributed by atoms with Crippen molar-refractivity contribution in [3.05, 3.63) is 38.7 Å². The second kappa shape index (κ2) is 6.80. The number of benzene rings is 1. The fraction of sp³-hybridized carbons (Fsp3) is 0.400. The maximum absolute atomic E-state index is 12.0. The molecule has 20 heavy (non-hydrogen) atoms. The Morgan fingerprint density at radius 3 is 2.55 bits per heavy atom. The molecule has 0 radical (unpaired) electrons. The number of ether oxygens (including phenoxy) is 1. The van der Waals surface area contributed by atoms with Crippen LogP contribution in [0.5, 0.6) is 5.75 Å². The first-order chi connectivity index (χ1) is 9.24. The summed E-state index contributed by atoms with van der Waals surface area (Å²) in [7, 11) is 0. The number of hydrogen-bond donors (Lipinski definition) is 2. The lowest BCUT2D eigenvalue weighted by atomic mass is 10.0. The van der Waals surface area contributed by atoms with E-state index in [1.165, 1.54) is 0 Å². The summed E-state index contributed by atoms with van der Waals surface area (Å²) >= 11 is 2.97. The molecule has 2 N–H and O–H groups in total. The van der Waals surface area contributed by atoms with Crippen molar-refractivity contribution in [1.82, 2.24) is 0 Å². The van der Waals surface area contributed by atoms with Gasteiger partial charge in [-0.25, -0.2) is 0 Å². The van der Waals surface area contributed by atoms with E-state index in [2.05, 4.69) is 30.7 Å². The standard InChI is InChI=1S/C10H9BrF3N3O3/c11-7-3-5(20-10(12,13)14)1-2-6(7)9(19)8(18)4-16-17-15/h1-3,8-9,18-19H,4H2. The molecule has 2 atom stereocenters. The van der Waals surface area contributed by atoms with Crippen molar-refractivity contribution < 1.29 is 28.1 Å². The van der Waals surface area contributed by atoms with Gasteiger partial charge in [0.15, 0.2) is 0 Å². The van der Waals surface area contributed by atoms with E-state index in [9.17, 15) is 23.4 Å². The molecule has 0 aromatic heterocycles. The van der Waals surface area contributed by atoms with E-state index in [0.29, 0.717) is 0 Å². The lowest BCUT2D eigenvalue weighted by Gasteiger charge is -2.18. The lowest BCUT2D eigenvalue weighted by Crippen LogP contribution is -2.21. The van der Waals surface area contributed by atoms with Crippen molar-refractivity contribution in [2.24, 2.45) is 5.11 Å². The van der Waals surface area contributed by atoms with Gasteiger partial charge in [-0.1, -0.05) is 27.1 Å². The van der Waals surface area contributed by atoms with Crippen LogP contribution in [0.4, 0.5) is 13.2 Å². The van der Waals surface area contributed by atoms with Crippen LogP contribution in [-0.4, -0.2) is 29.2 Å². The first kappa shape index (κ1) is 16.6. The quantitative estimate of drug-likeness (QED) is 0.482. The molecule has 0 amide bonds. The molecular weight excluding hydrogens is 347 g/mol. The molecule has 0 aliphatic heterocycles. The van der Waals surface area contributed by atoms with E-state index >= 15 is 0 Å². The van der Waals surface area contributed by atoms with E-state index < -0.39 is 24.3 Å². The largest absolute Gasteiger partial charge is 0.573 e. The van der Waals surface area contributed by atoms with E-state index in [1.54, 1.807) is 0 Å². The van der Waals surface area contributed by atoms with E-state index in [1.807, 2.05) is 0 Å². The number of halogens is 4. The van der Waals surface area contributed by atoms with Gasteiger partial charge in [0.05, 0.1) is 12.6 Å². The maximum Gasteiger partial charge on any atom is 0.573 e. The van der Waals surface area contributed by atoms with Crippen molar-refractivity contribution in [2.75, 3.05) is 6.54 Å². The van der Waals surface area contributed by atoms with Gasteiger partial charge in [-0.05, 0) is 23.2 Å². The smallest absolute Gasteiger partial charge is 0.406 e. The Balaban J connectivity index is 2.89. The van der Waals surface area contributed by atoms with Crippen LogP contribution in [0.1, 0.15) is 11.7 Å². The number of hydrogen-bond acceptors (Lipinski definition) is 4. The summed E-state index contributed by atoms with van der Waals surface area (Å²) < 4.78 is 39.9. The molecule has 110 valence electrons. The monoisotopic (exact) mass is 355 g/mol. The number of alkyl halides is 3. The summed E-state index contributed by atoms with van der Waals surface area (Å²) in [6, 6.07) is 3.17. The molecule has 6 nitrogen and oxygen atoms in total. The van der Waals surface area contributed by atoms with Crippen LogP contribution < -0.4 is 4.74 Å². The molecule has 1 aromatic carbocycles. The number of aliphatic hydroxyl groups excluding tert-OH is 2. The van der Waals surface area contributed by atoms with Crippen LogP contribution in [0, 0.1) is 0 Å². The fourth-order valence-corrected chi connectivity index (χ4v) is 1.96. The van der Waals surface area contributed by atoms with Crippen molar-refractivity contribution in [1.29, 1.82) is 0 Å². The second-order valence-corrected chi connectivity index (χ2v) is 4.51. The number of nitrogens with zero attached hydrogens (tertiary/aromatic N) is 3. The zero-order valence-electron chi connectivity index (χ0n) is 9.75. The second-order valence-electron chi connectivity index (χ2n) is 3.66. The Labute approximate surface area is 119 Å². The van der Waals surface area contributed by atoms with Crippen LogP contribution in [0.15, 0.2) is 27.8 Å². The number of rotatable bonds is 5. The van der Waals surface area contributed by atoms with Gasteiger partial charge in [-0.3, -0.25) is 0 Å². The molecular formula is C10H9BrF3N3O3. The summed E-state index contributed by atoms with van der Waals surface area (Å²) in [5, 5.41) is 22.4. The van der Waals surface area contributed by atoms with E-state index in [-0.39, 0.29) is 16.6 Å². The normalized spacial score (nSPS) is 14.3. The number of aliphatic hydroxyl groups is 2. The lowest BCUT2D eigenvalue weighted by molar-refractivity contribution is -0.274. The van der Waals surface area contributed by atoms with E-state index in [0.717, 1.165) is 18.2 Å². The zero-order chi connectivity index (χ0) is 15.3. The van der Waals surface area contributed by atoms with Gasteiger partial charge in [-0.15, -0.1) is 13.2 Å². The van der Waals surface area contributed by atoms with Gasteiger partial charge in [0.25, 0.3) is 0 Å². The third-order valence-electron chi connectivity index (χ3n) is 2.22. The molecule has 0 spiro atoms. The first-order valence-corrected chi connectivity index (χ1v) is 5.96. The maximum atomic E-state index is 12.0. The highest BCUT2D eigenvalue weighted by Crippen LogP contribution is 2.31.